The van der Waals surface area contributed by atoms with Crippen LogP contribution < -0.4 is 5.84 Å². The molecule has 0 aromatic heterocycles. The predicted molar refractivity (Wildman–Crippen MR) is 39.9 cm³/mol. The Morgan fingerprint density at radius 1 is 1.62 bits per heavy atom. The maximum Gasteiger partial charge on any atom is 0.0219 e. The van der Waals surface area contributed by atoms with Crippen molar-refractivity contribution in [3.8, 4) is 0 Å². The minimum Gasteiger partial charge on any atom is -0.269 e. The summed E-state index contributed by atoms with van der Waals surface area (Å²) in [6.07, 6.45) is 0. The molecule has 0 aliphatic heterocycles. The van der Waals surface area contributed by atoms with Crippen LogP contribution in [0.5, 0.6) is 0 Å². The van der Waals surface area contributed by atoms with E-state index in [1.807, 2.05) is 0 Å². The summed E-state index contributed by atoms with van der Waals surface area (Å²) in [6, 6.07) is 0.433. The van der Waals surface area contributed by atoms with E-state index in [1.165, 1.54) is 0 Å². The van der Waals surface area contributed by atoms with Crippen LogP contribution in [0.3, 0.4) is 0 Å². The van der Waals surface area contributed by atoms with Crippen molar-refractivity contribution in [2.24, 2.45) is 5.84 Å². The molecule has 8 heavy (non-hydrogen) atoms. The average molecular weight is 134 g/mol. The number of hydrogen-bond acceptors (Lipinski definition) is 3. The van der Waals surface area contributed by atoms with Crippen LogP contribution in [-0.2, 0) is 0 Å². The highest BCUT2D eigenvalue weighted by atomic mass is 32.1. The van der Waals surface area contributed by atoms with Crippen molar-refractivity contribution in [3.63, 3.8) is 0 Å². The van der Waals surface area contributed by atoms with Crippen molar-refractivity contribution < 1.29 is 0 Å². The Bertz CT molecular complexity index is 56.4. The molecule has 0 atom stereocenters. The molecule has 0 aromatic carbocycles. The van der Waals surface area contributed by atoms with E-state index in [0.717, 1.165) is 12.3 Å². The highest BCUT2D eigenvalue weighted by Crippen LogP contribution is 1.88. The molecule has 0 radical (unpaired) electrons. The Morgan fingerprint density at radius 3 is 2.25 bits per heavy atom. The van der Waals surface area contributed by atoms with E-state index >= 15 is 0 Å². The van der Waals surface area contributed by atoms with E-state index in [9.17, 15) is 0 Å². The van der Waals surface area contributed by atoms with Crippen LogP contribution in [0.4, 0.5) is 0 Å². The SMILES string of the molecule is CC(C)N(N)CCS. The highest BCUT2D eigenvalue weighted by molar-refractivity contribution is 7.80. The fourth-order valence-corrected chi connectivity index (χ4v) is 0.605. The number of hydrogen-bond donors (Lipinski definition) is 2. The maximum atomic E-state index is 5.51. The Hall–Kier alpha value is 0.270. The lowest BCUT2D eigenvalue weighted by Crippen LogP contribution is -2.38. The van der Waals surface area contributed by atoms with E-state index in [-0.39, 0.29) is 0 Å². The molecule has 2 N–H and O–H groups in total. The minimum atomic E-state index is 0.433. The summed E-state index contributed by atoms with van der Waals surface area (Å²) >= 11 is 4.03. The minimum absolute atomic E-state index is 0.433. The zero-order chi connectivity index (χ0) is 6.57. The van der Waals surface area contributed by atoms with Gasteiger partial charge < -0.3 is 0 Å². The molecule has 0 amide bonds. The number of hydrazine groups is 1. The molecule has 0 heterocycles. The fraction of sp³-hybridized carbons (Fsp3) is 1.00. The highest BCUT2D eigenvalue weighted by Gasteiger charge is 1.99. The van der Waals surface area contributed by atoms with Crippen LogP contribution in [0.1, 0.15) is 13.8 Å². The van der Waals surface area contributed by atoms with Gasteiger partial charge in [0.25, 0.3) is 0 Å². The summed E-state index contributed by atoms with van der Waals surface area (Å²) in [5, 5.41) is 1.77. The zero-order valence-corrected chi connectivity index (χ0v) is 6.36. The van der Waals surface area contributed by atoms with Crippen LogP contribution in [0.15, 0.2) is 0 Å². The molecule has 0 bridgehead atoms. The Labute approximate surface area is 56.4 Å². The van der Waals surface area contributed by atoms with Crippen molar-refractivity contribution in [2.45, 2.75) is 19.9 Å². The largest absolute Gasteiger partial charge is 0.269 e. The molecule has 0 saturated heterocycles. The first-order valence-corrected chi connectivity index (χ1v) is 3.44. The Kier molecular flexibility index (Phi) is 4.32. The van der Waals surface area contributed by atoms with Crippen molar-refractivity contribution in [3.05, 3.63) is 0 Å². The quantitative estimate of drug-likeness (QED) is 0.334. The van der Waals surface area contributed by atoms with Crippen molar-refractivity contribution >= 4 is 12.6 Å². The van der Waals surface area contributed by atoms with Gasteiger partial charge in [-0.25, -0.2) is 5.01 Å². The Morgan fingerprint density at radius 2 is 2.12 bits per heavy atom. The van der Waals surface area contributed by atoms with Crippen LogP contribution in [-0.4, -0.2) is 23.3 Å². The normalized spacial score (nSPS) is 11.2. The molecule has 0 aliphatic carbocycles. The second kappa shape index (κ2) is 4.18. The fourth-order valence-electron chi connectivity index (χ4n) is 0.374. The third-order valence-corrected chi connectivity index (χ3v) is 1.22. The van der Waals surface area contributed by atoms with E-state index in [0.29, 0.717) is 6.04 Å². The summed E-state index contributed by atoms with van der Waals surface area (Å²) in [5.41, 5.74) is 0. The molecule has 50 valence electrons. The van der Waals surface area contributed by atoms with Gasteiger partial charge in [-0.15, -0.1) is 0 Å². The second-order valence-corrected chi connectivity index (χ2v) is 2.50. The lowest BCUT2D eigenvalue weighted by molar-refractivity contribution is 0.243. The molecular weight excluding hydrogens is 120 g/mol. The van der Waals surface area contributed by atoms with Crippen LogP contribution >= 0.6 is 12.6 Å². The topological polar surface area (TPSA) is 29.3 Å². The van der Waals surface area contributed by atoms with E-state index in [4.69, 9.17) is 5.84 Å². The van der Waals surface area contributed by atoms with Crippen molar-refractivity contribution in [1.82, 2.24) is 5.01 Å². The monoisotopic (exact) mass is 134 g/mol. The molecule has 0 aliphatic rings. The third kappa shape index (κ3) is 3.29. The van der Waals surface area contributed by atoms with Crippen LogP contribution in [0, 0.1) is 0 Å². The molecule has 0 fully saturated rings. The van der Waals surface area contributed by atoms with Crippen molar-refractivity contribution in [2.75, 3.05) is 12.3 Å². The second-order valence-electron chi connectivity index (χ2n) is 2.06. The van der Waals surface area contributed by atoms with E-state index < -0.39 is 0 Å². The van der Waals surface area contributed by atoms with Crippen molar-refractivity contribution in [1.29, 1.82) is 0 Å². The standard InChI is InChI=1S/C5H14N2S/c1-5(2)7(6)3-4-8/h5,8H,3-4,6H2,1-2H3. The first kappa shape index (κ1) is 8.27. The van der Waals surface area contributed by atoms with Gasteiger partial charge >= 0.3 is 0 Å². The first-order valence-electron chi connectivity index (χ1n) is 2.80. The van der Waals surface area contributed by atoms with Gasteiger partial charge in [-0.1, -0.05) is 0 Å². The Balaban J connectivity index is 3.17. The van der Waals surface area contributed by atoms with Gasteiger partial charge in [0.05, 0.1) is 0 Å². The van der Waals surface area contributed by atoms with Crippen LogP contribution in [0.25, 0.3) is 0 Å². The number of nitrogens with two attached hydrogens (primary N) is 1. The molecular formula is C5H14N2S. The van der Waals surface area contributed by atoms with Gasteiger partial charge in [-0.2, -0.15) is 12.6 Å². The molecule has 0 unspecified atom stereocenters. The molecule has 0 spiro atoms. The summed E-state index contributed by atoms with van der Waals surface area (Å²) < 4.78 is 0. The summed E-state index contributed by atoms with van der Waals surface area (Å²) in [7, 11) is 0. The summed E-state index contributed by atoms with van der Waals surface area (Å²) in [6.45, 7) is 4.98. The number of nitrogens with zero attached hydrogens (tertiary/aromatic N) is 1. The molecule has 0 saturated carbocycles. The van der Waals surface area contributed by atoms with Gasteiger partial charge in [-0.05, 0) is 13.8 Å². The van der Waals surface area contributed by atoms with Crippen LogP contribution in [0.2, 0.25) is 0 Å². The first-order chi connectivity index (χ1) is 3.68. The number of rotatable bonds is 3. The maximum absolute atomic E-state index is 5.51. The smallest absolute Gasteiger partial charge is 0.0219 e. The van der Waals surface area contributed by atoms with Gasteiger partial charge in [0, 0.05) is 18.3 Å². The lowest BCUT2D eigenvalue weighted by Gasteiger charge is -2.18. The molecule has 2 nitrogen and oxygen atoms in total. The predicted octanol–water partition coefficient (Wildman–Crippen LogP) is 0.500. The van der Waals surface area contributed by atoms with Gasteiger partial charge in [0.1, 0.15) is 0 Å². The van der Waals surface area contributed by atoms with Gasteiger partial charge in [-0.3, -0.25) is 5.84 Å². The molecule has 3 heteroatoms. The third-order valence-electron chi connectivity index (χ3n) is 1.02. The van der Waals surface area contributed by atoms with Gasteiger partial charge in [0.2, 0.25) is 0 Å². The van der Waals surface area contributed by atoms with E-state index in [2.05, 4.69) is 26.5 Å². The zero-order valence-electron chi connectivity index (χ0n) is 5.46. The average Bonchev–Trinajstić information content (AvgIpc) is 1.67. The summed E-state index contributed by atoms with van der Waals surface area (Å²) in [4.78, 5) is 0. The summed E-state index contributed by atoms with van der Waals surface area (Å²) in [5.74, 6) is 6.34. The van der Waals surface area contributed by atoms with Gasteiger partial charge in [0.15, 0.2) is 0 Å². The lowest BCUT2D eigenvalue weighted by atomic mass is 10.4. The molecule has 0 aromatic rings. The van der Waals surface area contributed by atoms with E-state index in [1.54, 1.807) is 5.01 Å². The molecule has 0 rings (SSSR count). The number of thiol groups is 1.